The molecule has 0 heterocycles. The molecule has 21 heavy (non-hydrogen) atoms. The predicted molar refractivity (Wildman–Crippen MR) is 82.5 cm³/mol. The zero-order valence-electron chi connectivity index (χ0n) is 12.7. The molecule has 112 valence electrons. The van der Waals surface area contributed by atoms with Gasteiger partial charge in [0.15, 0.2) is 0 Å². The molecule has 1 nitrogen and oxygen atoms in total. The number of aryl methyl sites for hydroxylation is 2. The lowest BCUT2D eigenvalue weighted by Gasteiger charge is -2.17. The van der Waals surface area contributed by atoms with E-state index in [0.717, 1.165) is 12.5 Å². The molecule has 1 unspecified atom stereocenters. The van der Waals surface area contributed by atoms with Gasteiger partial charge in [-0.3, -0.25) is 0 Å². The highest BCUT2D eigenvalue weighted by Gasteiger charge is 2.12. The van der Waals surface area contributed by atoms with Crippen LogP contribution in [0.5, 0.6) is 0 Å². The smallest absolute Gasteiger partial charge is 0.129 e. The number of benzene rings is 2. The molecule has 0 aliphatic carbocycles. The Hall–Kier alpha value is -1.74. The lowest BCUT2D eigenvalue weighted by molar-refractivity contribution is 0.524. The van der Waals surface area contributed by atoms with Crippen LogP contribution < -0.4 is 5.32 Å². The van der Waals surface area contributed by atoms with E-state index in [1.54, 1.807) is 0 Å². The number of rotatable bonds is 5. The van der Waals surface area contributed by atoms with Crippen LogP contribution in [0, 0.1) is 25.5 Å². The first-order valence-electron chi connectivity index (χ1n) is 7.17. The molecule has 0 aliphatic heterocycles. The Bertz CT molecular complexity index is 623. The SMILES string of the molecule is CNC(Cc1ccc(C)c(C)c1)Cc1ccc(F)cc1F. The molecule has 0 fully saturated rings. The van der Waals surface area contributed by atoms with Crippen molar-refractivity contribution in [3.63, 3.8) is 0 Å². The molecule has 0 saturated heterocycles. The monoisotopic (exact) mass is 289 g/mol. The summed E-state index contributed by atoms with van der Waals surface area (Å²) in [6.45, 7) is 4.18. The zero-order chi connectivity index (χ0) is 15.4. The lowest BCUT2D eigenvalue weighted by Crippen LogP contribution is -2.30. The van der Waals surface area contributed by atoms with Gasteiger partial charge in [0.2, 0.25) is 0 Å². The molecule has 0 aromatic heterocycles. The van der Waals surface area contributed by atoms with Crippen LogP contribution in [0.1, 0.15) is 22.3 Å². The minimum atomic E-state index is -0.536. The number of halogens is 2. The second-order valence-electron chi connectivity index (χ2n) is 5.55. The summed E-state index contributed by atoms with van der Waals surface area (Å²) in [5.74, 6) is -1.01. The summed E-state index contributed by atoms with van der Waals surface area (Å²) in [5.41, 5.74) is 4.29. The van der Waals surface area contributed by atoms with Crippen LogP contribution in [0.4, 0.5) is 8.78 Å². The molecule has 0 aliphatic rings. The van der Waals surface area contributed by atoms with Gasteiger partial charge in [0.05, 0.1) is 0 Å². The maximum Gasteiger partial charge on any atom is 0.129 e. The number of likely N-dealkylation sites (N-methyl/N-ethyl adjacent to an activating group) is 1. The standard InChI is InChI=1S/C18H21F2N/c1-12-4-5-14(8-13(12)2)9-17(21-3)10-15-6-7-16(19)11-18(15)20/h4-8,11,17,21H,9-10H2,1-3H3. The van der Waals surface area contributed by atoms with Crippen LogP contribution in [0.2, 0.25) is 0 Å². The van der Waals surface area contributed by atoms with Crippen molar-refractivity contribution < 1.29 is 8.78 Å². The number of hydrogen-bond acceptors (Lipinski definition) is 1. The Balaban J connectivity index is 2.10. The van der Waals surface area contributed by atoms with Crippen molar-refractivity contribution in [1.29, 1.82) is 0 Å². The van der Waals surface area contributed by atoms with E-state index < -0.39 is 11.6 Å². The Morgan fingerprint density at radius 1 is 0.952 bits per heavy atom. The normalized spacial score (nSPS) is 12.4. The highest BCUT2D eigenvalue weighted by molar-refractivity contribution is 5.30. The van der Waals surface area contributed by atoms with Crippen LogP contribution >= 0.6 is 0 Å². The van der Waals surface area contributed by atoms with E-state index in [-0.39, 0.29) is 6.04 Å². The van der Waals surface area contributed by atoms with Crippen molar-refractivity contribution in [2.75, 3.05) is 7.05 Å². The maximum atomic E-state index is 13.7. The lowest BCUT2D eigenvalue weighted by atomic mass is 9.96. The summed E-state index contributed by atoms with van der Waals surface area (Å²) < 4.78 is 26.7. The average molecular weight is 289 g/mol. The van der Waals surface area contributed by atoms with Crippen LogP contribution in [0.3, 0.4) is 0 Å². The van der Waals surface area contributed by atoms with E-state index in [9.17, 15) is 8.78 Å². The van der Waals surface area contributed by atoms with Crippen molar-refractivity contribution in [3.8, 4) is 0 Å². The van der Waals surface area contributed by atoms with Gasteiger partial charge in [-0.05, 0) is 62.1 Å². The van der Waals surface area contributed by atoms with E-state index in [1.807, 2.05) is 7.05 Å². The molecule has 3 heteroatoms. The summed E-state index contributed by atoms with van der Waals surface area (Å²) in [4.78, 5) is 0. The topological polar surface area (TPSA) is 12.0 Å². The third-order valence-electron chi connectivity index (χ3n) is 3.94. The molecule has 0 saturated carbocycles. The fourth-order valence-electron chi connectivity index (χ4n) is 2.44. The Morgan fingerprint density at radius 3 is 2.33 bits per heavy atom. The first-order chi connectivity index (χ1) is 9.99. The summed E-state index contributed by atoms with van der Waals surface area (Å²) >= 11 is 0. The van der Waals surface area contributed by atoms with Gasteiger partial charge in [-0.15, -0.1) is 0 Å². The van der Waals surface area contributed by atoms with E-state index in [1.165, 1.54) is 28.8 Å². The van der Waals surface area contributed by atoms with Gasteiger partial charge in [0.25, 0.3) is 0 Å². The summed E-state index contributed by atoms with van der Waals surface area (Å²) in [6, 6.07) is 10.3. The molecule has 2 rings (SSSR count). The molecule has 1 atom stereocenters. The van der Waals surface area contributed by atoms with Crippen LogP contribution in [-0.4, -0.2) is 13.1 Å². The Kier molecular flexibility index (Phi) is 5.07. The summed E-state index contributed by atoms with van der Waals surface area (Å²) in [6.07, 6.45) is 1.35. The van der Waals surface area contributed by atoms with Gasteiger partial charge in [-0.25, -0.2) is 8.78 Å². The second-order valence-corrected chi connectivity index (χ2v) is 5.55. The van der Waals surface area contributed by atoms with Crippen molar-refractivity contribution in [1.82, 2.24) is 5.32 Å². The highest BCUT2D eigenvalue weighted by Crippen LogP contribution is 2.16. The maximum absolute atomic E-state index is 13.7. The van der Waals surface area contributed by atoms with Crippen LogP contribution in [0.15, 0.2) is 36.4 Å². The van der Waals surface area contributed by atoms with Gasteiger partial charge >= 0.3 is 0 Å². The molecule has 0 radical (unpaired) electrons. The minimum absolute atomic E-state index is 0.118. The highest BCUT2D eigenvalue weighted by atomic mass is 19.1. The van der Waals surface area contributed by atoms with Gasteiger partial charge in [0, 0.05) is 12.1 Å². The third kappa shape index (κ3) is 4.11. The van der Waals surface area contributed by atoms with E-state index >= 15 is 0 Å². The third-order valence-corrected chi connectivity index (χ3v) is 3.94. The quantitative estimate of drug-likeness (QED) is 0.878. The van der Waals surface area contributed by atoms with Gasteiger partial charge in [-0.2, -0.15) is 0 Å². The molecular formula is C18H21F2N. The Labute approximate surface area is 125 Å². The van der Waals surface area contributed by atoms with Gasteiger partial charge in [-0.1, -0.05) is 24.3 Å². The largest absolute Gasteiger partial charge is 0.316 e. The Morgan fingerprint density at radius 2 is 1.71 bits per heavy atom. The fourth-order valence-corrected chi connectivity index (χ4v) is 2.44. The number of hydrogen-bond donors (Lipinski definition) is 1. The number of nitrogens with one attached hydrogen (secondary N) is 1. The van der Waals surface area contributed by atoms with Gasteiger partial charge < -0.3 is 5.32 Å². The molecule has 0 spiro atoms. The molecule has 0 bridgehead atoms. The minimum Gasteiger partial charge on any atom is -0.316 e. The van der Waals surface area contributed by atoms with Crippen molar-refractivity contribution >= 4 is 0 Å². The molecule has 2 aromatic rings. The molecule has 2 aromatic carbocycles. The van der Waals surface area contributed by atoms with E-state index in [2.05, 4.69) is 37.4 Å². The fraction of sp³-hybridized carbons (Fsp3) is 0.333. The first-order valence-corrected chi connectivity index (χ1v) is 7.17. The summed E-state index contributed by atoms with van der Waals surface area (Å²) in [7, 11) is 1.87. The summed E-state index contributed by atoms with van der Waals surface area (Å²) in [5, 5.41) is 3.21. The molecular weight excluding hydrogens is 268 g/mol. The first kappa shape index (κ1) is 15.6. The zero-order valence-corrected chi connectivity index (χ0v) is 12.7. The van der Waals surface area contributed by atoms with Gasteiger partial charge in [0.1, 0.15) is 11.6 Å². The second kappa shape index (κ2) is 6.81. The predicted octanol–water partition coefficient (Wildman–Crippen LogP) is 3.95. The van der Waals surface area contributed by atoms with Crippen molar-refractivity contribution in [2.45, 2.75) is 32.7 Å². The van der Waals surface area contributed by atoms with Crippen LogP contribution in [-0.2, 0) is 12.8 Å². The molecule has 0 amide bonds. The van der Waals surface area contributed by atoms with Crippen LogP contribution in [0.25, 0.3) is 0 Å². The van der Waals surface area contributed by atoms with E-state index in [4.69, 9.17) is 0 Å². The van der Waals surface area contributed by atoms with E-state index in [0.29, 0.717) is 12.0 Å². The molecule has 1 N–H and O–H groups in total. The van der Waals surface area contributed by atoms with Crippen molar-refractivity contribution in [3.05, 3.63) is 70.3 Å². The average Bonchev–Trinajstić information content (AvgIpc) is 2.44. The van der Waals surface area contributed by atoms with Crippen molar-refractivity contribution in [2.24, 2.45) is 0 Å².